The van der Waals surface area contributed by atoms with E-state index in [2.05, 4.69) is 34.0 Å². The molecule has 0 radical (unpaired) electrons. The summed E-state index contributed by atoms with van der Waals surface area (Å²) in [4.78, 5) is 35.7. The van der Waals surface area contributed by atoms with E-state index in [9.17, 15) is 31.2 Å². The van der Waals surface area contributed by atoms with Crippen LogP contribution in [0.2, 0.25) is 0 Å². The van der Waals surface area contributed by atoms with Crippen molar-refractivity contribution in [3.05, 3.63) is 53.1 Å². The minimum absolute atomic E-state index is 0.0220. The summed E-state index contributed by atoms with van der Waals surface area (Å²) in [5.74, 6) is -1.48. The van der Waals surface area contributed by atoms with Crippen molar-refractivity contribution in [2.24, 2.45) is 23.5 Å². The third-order valence-corrected chi connectivity index (χ3v) is 10.0. The summed E-state index contributed by atoms with van der Waals surface area (Å²) in [6.45, 7) is 6.52. The average Bonchev–Trinajstić information content (AvgIpc) is 3.32. The van der Waals surface area contributed by atoms with Gasteiger partial charge in [-0.3, -0.25) is 19.7 Å². The first-order chi connectivity index (χ1) is 20.2. The highest BCUT2D eigenvalue weighted by molar-refractivity contribution is 7.91. The average molecular weight is 626 g/mol. The molecule has 1 saturated carbocycles. The molecule has 2 atom stereocenters. The standard InChI is InChI=1S/C29H38F3N5O5S/c1-4-43(40,41)22-9-10-23(34-13-22)24(16-42-28(33)39)36-27(38)19-11-20-15-37(26(17(2)3)25(20)35-12-19)14-18-5-7-21(8-6-18)29(30,31)32/h9-13,17-18,21,24,26H,4-8,14-16H2,1-3H3,(H2,33,39)(H,36,38)/t18?,21?,24-,26-/m0/s1. The van der Waals surface area contributed by atoms with Crippen LogP contribution in [0.3, 0.4) is 0 Å². The van der Waals surface area contributed by atoms with Crippen molar-refractivity contribution in [2.45, 2.75) is 76.2 Å². The smallest absolute Gasteiger partial charge is 0.404 e. The van der Waals surface area contributed by atoms with Crippen LogP contribution in [0.1, 0.15) is 85.8 Å². The number of aromatic nitrogens is 2. The summed E-state index contributed by atoms with van der Waals surface area (Å²) < 4.78 is 68.7. The van der Waals surface area contributed by atoms with Gasteiger partial charge in [0.25, 0.3) is 5.91 Å². The predicted octanol–water partition coefficient (Wildman–Crippen LogP) is 4.72. The first-order valence-corrected chi connectivity index (χ1v) is 16.1. The number of carbonyl (C=O) groups is 2. The zero-order chi connectivity index (χ0) is 31.5. The number of nitrogens with zero attached hydrogens (tertiary/aromatic N) is 3. The molecule has 0 saturated heterocycles. The lowest BCUT2D eigenvalue weighted by molar-refractivity contribution is -0.184. The monoisotopic (exact) mass is 625 g/mol. The van der Waals surface area contributed by atoms with Gasteiger partial charge in [-0.15, -0.1) is 0 Å². The number of rotatable bonds is 10. The fourth-order valence-corrected chi connectivity index (χ4v) is 6.83. The fourth-order valence-electron chi connectivity index (χ4n) is 6.00. The van der Waals surface area contributed by atoms with E-state index in [1.54, 1.807) is 6.07 Å². The zero-order valence-electron chi connectivity index (χ0n) is 24.4. The summed E-state index contributed by atoms with van der Waals surface area (Å²) in [6, 6.07) is 3.62. The van der Waals surface area contributed by atoms with Crippen LogP contribution in [-0.2, 0) is 21.1 Å². The highest BCUT2D eigenvalue weighted by Crippen LogP contribution is 2.43. The highest BCUT2D eigenvalue weighted by atomic mass is 32.2. The van der Waals surface area contributed by atoms with Crippen molar-refractivity contribution in [2.75, 3.05) is 18.9 Å². The van der Waals surface area contributed by atoms with Gasteiger partial charge < -0.3 is 15.8 Å². The van der Waals surface area contributed by atoms with Crippen molar-refractivity contribution >= 4 is 21.8 Å². The fraction of sp³-hybridized carbons (Fsp3) is 0.586. The van der Waals surface area contributed by atoms with Gasteiger partial charge in [-0.05, 0) is 61.3 Å². The van der Waals surface area contributed by atoms with Crippen molar-refractivity contribution in [1.82, 2.24) is 20.2 Å². The van der Waals surface area contributed by atoms with Crippen LogP contribution in [0.25, 0.3) is 0 Å². The van der Waals surface area contributed by atoms with E-state index in [-0.39, 0.29) is 59.2 Å². The Morgan fingerprint density at radius 3 is 2.40 bits per heavy atom. The molecule has 2 aromatic heterocycles. The molecule has 0 spiro atoms. The molecule has 0 unspecified atom stereocenters. The minimum atomic E-state index is -4.14. The van der Waals surface area contributed by atoms with E-state index >= 15 is 0 Å². The number of sulfone groups is 1. The molecule has 14 heteroatoms. The lowest BCUT2D eigenvalue weighted by atomic mass is 9.81. The molecule has 43 heavy (non-hydrogen) atoms. The van der Waals surface area contributed by atoms with Crippen LogP contribution in [0.15, 0.2) is 35.5 Å². The van der Waals surface area contributed by atoms with E-state index in [1.807, 2.05) is 0 Å². The van der Waals surface area contributed by atoms with Crippen LogP contribution in [0.4, 0.5) is 18.0 Å². The van der Waals surface area contributed by atoms with Crippen molar-refractivity contribution in [1.29, 1.82) is 0 Å². The number of ether oxygens (including phenoxy) is 1. The van der Waals surface area contributed by atoms with Gasteiger partial charge in [-0.2, -0.15) is 13.2 Å². The van der Waals surface area contributed by atoms with Crippen molar-refractivity contribution < 1.29 is 35.9 Å². The largest absolute Gasteiger partial charge is 0.447 e. The van der Waals surface area contributed by atoms with E-state index in [0.717, 1.165) is 11.3 Å². The normalized spacial score (nSPS) is 21.8. The number of halogens is 3. The van der Waals surface area contributed by atoms with E-state index < -0.39 is 40.0 Å². The van der Waals surface area contributed by atoms with E-state index in [0.29, 0.717) is 25.9 Å². The van der Waals surface area contributed by atoms with Crippen LogP contribution in [0, 0.1) is 17.8 Å². The summed E-state index contributed by atoms with van der Waals surface area (Å²) in [6.07, 6.45) is -1.18. The van der Waals surface area contributed by atoms with Crippen molar-refractivity contribution in [3.63, 3.8) is 0 Å². The summed E-state index contributed by atoms with van der Waals surface area (Å²) in [5.41, 5.74) is 7.38. The van der Waals surface area contributed by atoms with Crippen molar-refractivity contribution in [3.8, 4) is 0 Å². The Morgan fingerprint density at radius 2 is 1.84 bits per heavy atom. The molecule has 3 heterocycles. The Morgan fingerprint density at radius 1 is 1.14 bits per heavy atom. The second-order valence-corrected chi connectivity index (χ2v) is 13.9. The summed E-state index contributed by atoms with van der Waals surface area (Å²) in [5, 5.41) is 2.77. The minimum Gasteiger partial charge on any atom is -0.447 e. The Balaban J connectivity index is 1.48. The second kappa shape index (κ2) is 13.2. The van der Waals surface area contributed by atoms with Gasteiger partial charge in [0.05, 0.1) is 39.6 Å². The number of alkyl halides is 3. The van der Waals surface area contributed by atoms with Gasteiger partial charge in [-0.1, -0.05) is 20.8 Å². The maximum absolute atomic E-state index is 13.3. The lowest BCUT2D eigenvalue weighted by Gasteiger charge is -2.35. The molecular formula is C29H38F3N5O5S. The first kappa shape index (κ1) is 32.6. The van der Waals surface area contributed by atoms with Gasteiger partial charge in [0.1, 0.15) is 12.6 Å². The summed E-state index contributed by atoms with van der Waals surface area (Å²) in [7, 11) is -3.48. The summed E-state index contributed by atoms with van der Waals surface area (Å²) >= 11 is 0. The Labute approximate surface area is 249 Å². The molecule has 1 aliphatic heterocycles. The molecule has 4 rings (SSSR count). The topological polar surface area (TPSA) is 145 Å². The molecule has 1 fully saturated rings. The number of amides is 2. The number of primary amides is 1. The quantitative estimate of drug-likeness (QED) is 0.386. The molecule has 2 aliphatic rings. The molecule has 2 aromatic rings. The Bertz CT molecular complexity index is 1410. The lowest BCUT2D eigenvalue weighted by Crippen LogP contribution is -2.35. The molecule has 3 N–H and O–H groups in total. The SMILES string of the molecule is CCS(=O)(=O)c1ccc([C@H](COC(N)=O)NC(=O)c2cnc3c(c2)CN(CC2CCC(C(F)(F)F)CC2)[C@H]3C(C)C)nc1. The van der Waals surface area contributed by atoms with Gasteiger partial charge >= 0.3 is 12.3 Å². The van der Waals surface area contributed by atoms with Crippen LogP contribution < -0.4 is 11.1 Å². The Kier molecular flexibility index (Phi) is 10.00. The molecule has 0 aromatic carbocycles. The van der Waals surface area contributed by atoms with Gasteiger partial charge in [-0.25, -0.2) is 13.2 Å². The predicted molar refractivity (Wildman–Crippen MR) is 151 cm³/mol. The number of pyridine rings is 2. The highest BCUT2D eigenvalue weighted by Gasteiger charge is 2.42. The number of hydrogen-bond donors (Lipinski definition) is 2. The molecule has 2 amide bonds. The molecular weight excluding hydrogens is 587 g/mol. The maximum Gasteiger partial charge on any atom is 0.404 e. The zero-order valence-corrected chi connectivity index (χ0v) is 25.2. The van der Waals surface area contributed by atoms with Crippen LogP contribution in [-0.4, -0.2) is 60.4 Å². The van der Waals surface area contributed by atoms with Gasteiger partial charge in [0.2, 0.25) is 0 Å². The number of hydrogen-bond acceptors (Lipinski definition) is 8. The Hall–Kier alpha value is -3.26. The number of nitrogens with two attached hydrogens (primary N) is 1. The van der Waals surface area contributed by atoms with Gasteiger partial charge in [0.15, 0.2) is 9.84 Å². The van der Waals surface area contributed by atoms with Crippen LogP contribution >= 0.6 is 0 Å². The molecule has 0 bridgehead atoms. The number of carbonyl (C=O) groups excluding carboxylic acids is 2. The van der Waals surface area contributed by atoms with E-state index in [1.165, 1.54) is 31.5 Å². The molecule has 1 aliphatic carbocycles. The van der Waals surface area contributed by atoms with Gasteiger partial charge in [0, 0.05) is 25.5 Å². The second-order valence-electron chi connectivity index (χ2n) is 11.6. The number of nitrogens with one attached hydrogen (secondary N) is 1. The maximum atomic E-state index is 13.3. The number of fused-ring (bicyclic) bond motifs is 1. The first-order valence-electron chi connectivity index (χ1n) is 14.4. The van der Waals surface area contributed by atoms with Crippen LogP contribution in [0.5, 0.6) is 0 Å². The van der Waals surface area contributed by atoms with E-state index in [4.69, 9.17) is 10.5 Å². The third-order valence-electron chi connectivity index (χ3n) is 8.30. The molecule has 10 nitrogen and oxygen atoms in total. The third kappa shape index (κ3) is 7.83. The molecule has 236 valence electrons.